The van der Waals surface area contributed by atoms with Gasteiger partial charge in [0, 0.05) is 12.6 Å². The molecule has 1 heterocycles. The lowest BCUT2D eigenvalue weighted by molar-refractivity contribution is 0.251. The molecule has 0 spiro atoms. The number of ether oxygens (including phenoxy) is 1. The highest BCUT2D eigenvalue weighted by Crippen LogP contribution is 2.25. The number of nitrogens with zero attached hydrogens (tertiary/aromatic N) is 1. The zero-order chi connectivity index (χ0) is 11.4. The molecule has 2 N–H and O–H groups in total. The van der Waals surface area contributed by atoms with E-state index >= 15 is 0 Å². The summed E-state index contributed by atoms with van der Waals surface area (Å²) >= 11 is 0. The van der Waals surface area contributed by atoms with Gasteiger partial charge in [0.15, 0.2) is 0 Å². The first-order valence-electron chi connectivity index (χ1n) is 5.93. The Morgan fingerprint density at radius 3 is 2.38 bits per heavy atom. The van der Waals surface area contributed by atoms with Crippen molar-refractivity contribution in [2.75, 3.05) is 26.7 Å². The first kappa shape index (κ1) is 11.4. The molecule has 1 aliphatic heterocycles. The minimum atomic E-state index is 0.369. The minimum absolute atomic E-state index is 0.369. The van der Waals surface area contributed by atoms with Gasteiger partial charge in [0.2, 0.25) is 0 Å². The van der Waals surface area contributed by atoms with Gasteiger partial charge in [0.05, 0.1) is 7.11 Å². The maximum absolute atomic E-state index is 5.88. The molecule has 88 valence electrons. The summed E-state index contributed by atoms with van der Waals surface area (Å²) in [6, 6.07) is 8.62. The van der Waals surface area contributed by atoms with Gasteiger partial charge in [0.1, 0.15) is 5.75 Å². The summed E-state index contributed by atoms with van der Waals surface area (Å²) < 4.78 is 5.16. The molecule has 0 saturated carbocycles. The molecule has 3 nitrogen and oxygen atoms in total. The van der Waals surface area contributed by atoms with Crippen molar-refractivity contribution in [1.29, 1.82) is 0 Å². The maximum atomic E-state index is 5.88. The predicted octanol–water partition coefficient (Wildman–Crippen LogP) is 1.79. The summed E-state index contributed by atoms with van der Waals surface area (Å²) in [5, 5.41) is 0. The molecule has 1 fully saturated rings. The van der Waals surface area contributed by atoms with Gasteiger partial charge in [-0.2, -0.15) is 0 Å². The van der Waals surface area contributed by atoms with Crippen molar-refractivity contribution >= 4 is 0 Å². The van der Waals surface area contributed by atoms with Crippen LogP contribution in [0.25, 0.3) is 0 Å². The summed E-state index contributed by atoms with van der Waals surface area (Å²) in [6.07, 6.45) is 2.60. The summed E-state index contributed by atoms with van der Waals surface area (Å²) in [4.78, 5) is 2.47. The summed E-state index contributed by atoms with van der Waals surface area (Å²) in [5.74, 6) is 0.904. The second-order valence-electron chi connectivity index (χ2n) is 4.27. The van der Waals surface area contributed by atoms with E-state index in [0.717, 1.165) is 5.75 Å². The third-order valence-corrected chi connectivity index (χ3v) is 3.31. The van der Waals surface area contributed by atoms with E-state index in [1.807, 2.05) is 12.1 Å². The van der Waals surface area contributed by atoms with Crippen LogP contribution >= 0.6 is 0 Å². The van der Waals surface area contributed by atoms with Crippen molar-refractivity contribution in [3.63, 3.8) is 0 Å². The number of benzene rings is 1. The van der Waals surface area contributed by atoms with Crippen LogP contribution in [0.3, 0.4) is 0 Å². The Kier molecular flexibility index (Phi) is 3.80. The molecule has 0 bridgehead atoms. The molecule has 1 aliphatic rings. The van der Waals surface area contributed by atoms with Gasteiger partial charge in [-0.1, -0.05) is 12.1 Å². The van der Waals surface area contributed by atoms with Gasteiger partial charge in [-0.05, 0) is 43.6 Å². The maximum Gasteiger partial charge on any atom is 0.118 e. The molecule has 0 unspecified atom stereocenters. The standard InChI is InChI=1S/C13H20N2O/c1-16-12-6-4-11(5-7-12)13(10-14)15-8-2-3-9-15/h4-7,13H,2-3,8-10,14H2,1H3/t13-/m1/s1. The number of hydrogen-bond donors (Lipinski definition) is 1. The zero-order valence-corrected chi connectivity index (χ0v) is 9.86. The molecule has 16 heavy (non-hydrogen) atoms. The van der Waals surface area contributed by atoms with Crippen molar-refractivity contribution in [3.8, 4) is 5.75 Å². The van der Waals surface area contributed by atoms with E-state index in [-0.39, 0.29) is 0 Å². The Bertz CT molecular complexity index is 317. The molecule has 1 saturated heterocycles. The number of rotatable bonds is 4. The molecule has 1 atom stereocenters. The number of methoxy groups -OCH3 is 1. The molecular weight excluding hydrogens is 200 g/mol. The fraction of sp³-hybridized carbons (Fsp3) is 0.538. The minimum Gasteiger partial charge on any atom is -0.497 e. The zero-order valence-electron chi connectivity index (χ0n) is 9.86. The summed E-state index contributed by atoms with van der Waals surface area (Å²) in [5.41, 5.74) is 7.18. The van der Waals surface area contributed by atoms with E-state index in [1.165, 1.54) is 31.5 Å². The highest BCUT2D eigenvalue weighted by Gasteiger charge is 2.21. The average Bonchev–Trinajstić information content (AvgIpc) is 2.85. The van der Waals surface area contributed by atoms with Crippen molar-refractivity contribution in [1.82, 2.24) is 4.90 Å². The van der Waals surface area contributed by atoms with Gasteiger partial charge in [-0.15, -0.1) is 0 Å². The van der Waals surface area contributed by atoms with Gasteiger partial charge in [-0.3, -0.25) is 4.90 Å². The van der Waals surface area contributed by atoms with Crippen LogP contribution in [0.15, 0.2) is 24.3 Å². The van der Waals surface area contributed by atoms with Gasteiger partial charge in [0.25, 0.3) is 0 Å². The second kappa shape index (κ2) is 5.32. The Balaban J connectivity index is 2.12. The SMILES string of the molecule is COc1ccc([C@@H](CN)N2CCCC2)cc1. The molecule has 2 rings (SSSR count). The first-order chi connectivity index (χ1) is 7.85. The van der Waals surface area contributed by atoms with Crippen LogP contribution in [-0.2, 0) is 0 Å². The Hall–Kier alpha value is -1.06. The summed E-state index contributed by atoms with van der Waals surface area (Å²) in [7, 11) is 1.69. The predicted molar refractivity (Wildman–Crippen MR) is 65.6 cm³/mol. The Morgan fingerprint density at radius 2 is 1.88 bits per heavy atom. The Morgan fingerprint density at radius 1 is 1.25 bits per heavy atom. The van der Waals surface area contributed by atoms with Crippen molar-refractivity contribution < 1.29 is 4.74 Å². The number of hydrogen-bond acceptors (Lipinski definition) is 3. The van der Waals surface area contributed by atoms with E-state index in [0.29, 0.717) is 12.6 Å². The van der Waals surface area contributed by atoms with Crippen LogP contribution in [-0.4, -0.2) is 31.6 Å². The number of nitrogens with two attached hydrogens (primary N) is 1. The normalized spacial score (nSPS) is 18.6. The van der Waals surface area contributed by atoms with E-state index in [2.05, 4.69) is 17.0 Å². The van der Waals surface area contributed by atoms with Crippen molar-refractivity contribution in [3.05, 3.63) is 29.8 Å². The Labute approximate surface area is 97.2 Å². The van der Waals surface area contributed by atoms with E-state index < -0.39 is 0 Å². The quantitative estimate of drug-likeness (QED) is 0.840. The molecular formula is C13H20N2O. The van der Waals surface area contributed by atoms with Gasteiger partial charge in [-0.25, -0.2) is 0 Å². The van der Waals surface area contributed by atoms with Crippen LogP contribution in [0.2, 0.25) is 0 Å². The lowest BCUT2D eigenvalue weighted by Crippen LogP contribution is -2.31. The van der Waals surface area contributed by atoms with E-state index in [4.69, 9.17) is 10.5 Å². The lowest BCUT2D eigenvalue weighted by atomic mass is 10.1. The van der Waals surface area contributed by atoms with Crippen LogP contribution in [0, 0.1) is 0 Å². The molecule has 0 aromatic heterocycles. The third-order valence-electron chi connectivity index (χ3n) is 3.31. The van der Waals surface area contributed by atoms with Crippen LogP contribution in [0.4, 0.5) is 0 Å². The average molecular weight is 220 g/mol. The highest BCUT2D eigenvalue weighted by atomic mass is 16.5. The monoisotopic (exact) mass is 220 g/mol. The largest absolute Gasteiger partial charge is 0.497 e. The fourth-order valence-electron chi connectivity index (χ4n) is 2.38. The topological polar surface area (TPSA) is 38.5 Å². The van der Waals surface area contributed by atoms with Gasteiger partial charge < -0.3 is 10.5 Å². The van der Waals surface area contributed by atoms with Crippen molar-refractivity contribution in [2.24, 2.45) is 5.73 Å². The molecule has 3 heteroatoms. The fourth-order valence-corrected chi connectivity index (χ4v) is 2.38. The van der Waals surface area contributed by atoms with Crippen molar-refractivity contribution in [2.45, 2.75) is 18.9 Å². The smallest absolute Gasteiger partial charge is 0.118 e. The highest BCUT2D eigenvalue weighted by molar-refractivity contribution is 5.29. The molecule has 1 aromatic carbocycles. The number of likely N-dealkylation sites (tertiary alicyclic amines) is 1. The molecule has 0 aliphatic carbocycles. The summed E-state index contributed by atoms with van der Waals surface area (Å²) in [6.45, 7) is 3.04. The lowest BCUT2D eigenvalue weighted by Gasteiger charge is -2.26. The van der Waals surface area contributed by atoms with Crippen LogP contribution < -0.4 is 10.5 Å². The van der Waals surface area contributed by atoms with E-state index in [1.54, 1.807) is 7.11 Å². The molecule has 0 amide bonds. The first-order valence-corrected chi connectivity index (χ1v) is 5.93. The van der Waals surface area contributed by atoms with Gasteiger partial charge >= 0.3 is 0 Å². The molecule has 1 aromatic rings. The van der Waals surface area contributed by atoms with E-state index in [9.17, 15) is 0 Å². The van der Waals surface area contributed by atoms with Crippen LogP contribution in [0.1, 0.15) is 24.4 Å². The molecule has 0 radical (unpaired) electrons. The second-order valence-corrected chi connectivity index (χ2v) is 4.27. The third kappa shape index (κ3) is 2.36. The van der Waals surface area contributed by atoms with Crippen LogP contribution in [0.5, 0.6) is 5.75 Å².